The maximum absolute atomic E-state index is 11.2. The third-order valence-electron chi connectivity index (χ3n) is 1.27. The molecule has 0 aliphatic carbocycles. The van der Waals surface area contributed by atoms with Gasteiger partial charge in [-0.2, -0.15) is 0 Å². The number of rotatable bonds is 2. The van der Waals surface area contributed by atoms with E-state index in [1.165, 1.54) is 0 Å². The third-order valence-corrected chi connectivity index (χ3v) is 1.64. The maximum Gasteiger partial charge on any atom is 0.318 e. The number of carbonyl (C=O) groups excluding carboxylic acids is 1. The summed E-state index contributed by atoms with van der Waals surface area (Å²) >= 11 is 7.17. The molecule has 9 heteroatoms. The second-order valence-corrected chi connectivity index (χ2v) is 3.22. The fourth-order valence-corrected chi connectivity index (χ4v) is 0.905. The van der Waals surface area contributed by atoms with Crippen molar-refractivity contribution in [1.29, 1.82) is 0 Å². The lowest BCUT2D eigenvalue weighted by molar-refractivity contribution is -0.385. The summed E-state index contributed by atoms with van der Waals surface area (Å²) in [5.41, 5.74) is -0.833. The normalized spacial score (nSPS) is 9.57. The number of amides is 1. The van der Waals surface area contributed by atoms with E-state index in [4.69, 9.17) is 0 Å². The minimum absolute atomic E-state index is 0.352. The zero-order chi connectivity index (χ0) is 10.7. The van der Waals surface area contributed by atoms with Gasteiger partial charge in [0.1, 0.15) is 12.5 Å². The van der Waals surface area contributed by atoms with Crippen LogP contribution in [0.15, 0.2) is 12.5 Å². The maximum atomic E-state index is 11.2. The van der Waals surface area contributed by atoms with Crippen LogP contribution in [0.4, 0.5) is 5.69 Å². The summed E-state index contributed by atoms with van der Waals surface area (Å²) in [6.45, 7) is 0. The van der Waals surface area contributed by atoms with Gasteiger partial charge in [-0.05, 0) is 0 Å². The molecule has 0 aliphatic heterocycles. The van der Waals surface area contributed by atoms with Crippen LogP contribution in [0, 0.1) is 10.1 Å². The van der Waals surface area contributed by atoms with Gasteiger partial charge in [-0.3, -0.25) is 14.9 Å². The minimum Gasteiger partial charge on any atom is -0.265 e. The molecular weight excluding hydrogens is 228 g/mol. The van der Waals surface area contributed by atoms with Gasteiger partial charge in [0.25, 0.3) is 5.91 Å². The van der Waals surface area contributed by atoms with Crippen LogP contribution in [0.5, 0.6) is 0 Å². The lowest BCUT2D eigenvalue weighted by Crippen LogP contribution is -2.15. The van der Waals surface area contributed by atoms with Crippen molar-refractivity contribution in [2.75, 3.05) is 0 Å². The first-order valence-corrected chi connectivity index (χ1v) is 4.00. The molecule has 0 saturated carbocycles. The third kappa shape index (κ3) is 2.12. The zero-order valence-electron chi connectivity index (χ0n) is 6.56. The molecule has 14 heavy (non-hydrogen) atoms. The number of thiol groups is 2. The quantitative estimate of drug-likeness (QED) is 0.440. The summed E-state index contributed by atoms with van der Waals surface area (Å²) < 4.78 is 0.606. The van der Waals surface area contributed by atoms with Crippen molar-refractivity contribution in [2.45, 2.75) is 0 Å². The number of aromatic nitrogens is 2. The molecule has 0 fully saturated rings. The number of carbonyl (C=O) groups is 1. The van der Waals surface area contributed by atoms with Gasteiger partial charge in [0, 0.05) is 0 Å². The topological polar surface area (TPSA) is 89.2 Å². The van der Waals surface area contributed by atoms with Crippen LogP contribution in [-0.2, 0) is 0 Å². The average molecular weight is 232 g/mol. The molecule has 7 nitrogen and oxygen atoms in total. The molecule has 1 aromatic heterocycles. The van der Waals surface area contributed by atoms with E-state index in [-0.39, 0.29) is 5.69 Å². The predicted molar refractivity (Wildman–Crippen MR) is 52.8 cm³/mol. The molecule has 0 atom stereocenters. The van der Waals surface area contributed by atoms with Crippen LogP contribution >= 0.6 is 25.6 Å². The first-order valence-electron chi connectivity index (χ1n) is 3.20. The minimum atomic E-state index is -0.786. The Morgan fingerprint density at radius 2 is 2.21 bits per heavy atom. The summed E-state index contributed by atoms with van der Waals surface area (Å²) in [6, 6.07) is 0. The van der Waals surface area contributed by atoms with E-state index in [0.29, 0.717) is 3.71 Å². The van der Waals surface area contributed by atoms with Crippen molar-refractivity contribution in [3.63, 3.8) is 0 Å². The van der Waals surface area contributed by atoms with Crippen LogP contribution < -0.4 is 0 Å². The van der Waals surface area contributed by atoms with Gasteiger partial charge in [-0.1, -0.05) is 25.6 Å². The van der Waals surface area contributed by atoms with Crippen LogP contribution in [0.2, 0.25) is 0 Å². The average Bonchev–Trinajstić information content (AvgIpc) is 2.16. The molecule has 1 rings (SSSR count). The van der Waals surface area contributed by atoms with Crippen molar-refractivity contribution >= 4 is 37.2 Å². The fraction of sp³-hybridized carbons (Fsp3) is 0. The van der Waals surface area contributed by atoms with Gasteiger partial charge in [-0.15, -0.1) is 0 Å². The second kappa shape index (κ2) is 4.24. The monoisotopic (exact) mass is 232 g/mol. The van der Waals surface area contributed by atoms with Crippen LogP contribution in [0.25, 0.3) is 0 Å². The first kappa shape index (κ1) is 10.7. The molecule has 1 aromatic rings. The summed E-state index contributed by atoms with van der Waals surface area (Å²) in [6.07, 6.45) is 1.97. The van der Waals surface area contributed by atoms with Crippen molar-refractivity contribution in [1.82, 2.24) is 13.7 Å². The molecular formula is C5H4N4O3S2. The van der Waals surface area contributed by atoms with E-state index in [2.05, 4.69) is 35.6 Å². The summed E-state index contributed by atoms with van der Waals surface area (Å²) in [5.74, 6) is -0.786. The Morgan fingerprint density at radius 3 is 2.71 bits per heavy atom. The van der Waals surface area contributed by atoms with Crippen LogP contribution in [0.1, 0.15) is 10.5 Å². The number of nitro groups is 1. The van der Waals surface area contributed by atoms with Gasteiger partial charge < -0.3 is 0 Å². The van der Waals surface area contributed by atoms with Crippen molar-refractivity contribution in [3.05, 3.63) is 28.3 Å². The highest BCUT2D eigenvalue weighted by Gasteiger charge is 2.23. The lowest BCUT2D eigenvalue weighted by Gasteiger charge is -2.05. The predicted octanol–water partition coefficient (Wildman–Crippen LogP) is 0.517. The van der Waals surface area contributed by atoms with Crippen molar-refractivity contribution in [2.24, 2.45) is 0 Å². The largest absolute Gasteiger partial charge is 0.318 e. The molecule has 0 radical (unpaired) electrons. The molecule has 1 heterocycles. The fourth-order valence-electron chi connectivity index (χ4n) is 0.715. The number of hydrogen-bond donors (Lipinski definition) is 2. The van der Waals surface area contributed by atoms with E-state index >= 15 is 0 Å². The van der Waals surface area contributed by atoms with E-state index in [9.17, 15) is 14.9 Å². The Balaban J connectivity index is 3.20. The molecule has 0 bridgehead atoms. The van der Waals surface area contributed by atoms with Crippen LogP contribution in [-0.4, -0.2) is 24.5 Å². The molecule has 0 saturated heterocycles. The molecule has 0 aliphatic rings. The molecule has 1 amide bonds. The van der Waals surface area contributed by atoms with Gasteiger partial charge in [0.05, 0.1) is 4.92 Å². The second-order valence-electron chi connectivity index (χ2n) is 2.11. The van der Waals surface area contributed by atoms with E-state index < -0.39 is 16.5 Å². The molecule has 0 N–H and O–H groups in total. The van der Waals surface area contributed by atoms with Gasteiger partial charge in [-0.25, -0.2) is 13.7 Å². The zero-order valence-corrected chi connectivity index (χ0v) is 8.35. The molecule has 74 valence electrons. The van der Waals surface area contributed by atoms with E-state index in [0.717, 1.165) is 12.5 Å². The Bertz CT molecular complexity index is 383. The van der Waals surface area contributed by atoms with Gasteiger partial charge in [0.15, 0.2) is 0 Å². The highest BCUT2D eigenvalue weighted by Crippen LogP contribution is 2.17. The smallest absolute Gasteiger partial charge is 0.265 e. The van der Waals surface area contributed by atoms with E-state index in [1.54, 1.807) is 0 Å². The van der Waals surface area contributed by atoms with E-state index in [1.807, 2.05) is 0 Å². The standard InChI is InChI=1S/C5H4N4O3S2/c10-5(9(13)14)4-3(8(11)12)1-6-2-7-4/h1-2,13-14H. The SMILES string of the molecule is O=C(c1ncncc1[N+](=O)[O-])N(S)S. The highest BCUT2D eigenvalue weighted by molar-refractivity contribution is 7.94. The van der Waals surface area contributed by atoms with Gasteiger partial charge >= 0.3 is 5.69 Å². The summed E-state index contributed by atoms with van der Waals surface area (Å²) in [7, 11) is 0. The summed E-state index contributed by atoms with van der Waals surface area (Å²) in [4.78, 5) is 27.9. The number of hydrogen-bond acceptors (Lipinski definition) is 7. The highest BCUT2D eigenvalue weighted by atomic mass is 32.2. The summed E-state index contributed by atoms with van der Waals surface area (Å²) in [5, 5.41) is 10.5. The molecule has 0 aromatic carbocycles. The Hall–Kier alpha value is -1.35. The first-order chi connectivity index (χ1) is 6.54. The van der Waals surface area contributed by atoms with Crippen LogP contribution in [0.3, 0.4) is 0 Å². The van der Waals surface area contributed by atoms with Crippen molar-refractivity contribution in [3.8, 4) is 0 Å². The lowest BCUT2D eigenvalue weighted by atomic mass is 10.3. The Morgan fingerprint density at radius 1 is 1.57 bits per heavy atom. The molecule has 0 unspecified atom stereocenters. The number of nitrogens with zero attached hydrogens (tertiary/aromatic N) is 4. The molecule has 0 spiro atoms. The van der Waals surface area contributed by atoms with Crippen molar-refractivity contribution < 1.29 is 9.72 Å². The Kier molecular flexibility index (Phi) is 3.25. The Labute approximate surface area is 89.4 Å². The van der Waals surface area contributed by atoms with Gasteiger partial charge in [0.2, 0.25) is 5.69 Å².